The molecule has 1 amide bonds. The summed E-state index contributed by atoms with van der Waals surface area (Å²) in [6.45, 7) is 2.06. The molecule has 0 fully saturated rings. The largest absolute Gasteiger partial charge is 0.325 e. The van der Waals surface area contributed by atoms with Gasteiger partial charge in [-0.3, -0.25) is 9.78 Å². The van der Waals surface area contributed by atoms with Gasteiger partial charge in [0.1, 0.15) is 0 Å². The van der Waals surface area contributed by atoms with Gasteiger partial charge in [0, 0.05) is 23.0 Å². The van der Waals surface area contributed by atoms with Crippen LogP contribution < -0.4 is 5.32 Å². The number of aryl methyl sites for hydroxylation is 1. The molecule has 0 radical (unpaired) electrons. The lowest BCUT2D eigenvalue weighted by atomic mass is 10.1. The molecular formula is C21H20N2OS. The maximum Gasteiger partial charge on any atom is 0.234 e. The molecule has 0 spiro atoms. The third kappa shape index (κ3) is 5.19. The van der Waals surface area contributed by atoms with Gasteiger partial charge in [-0.15, -0.1) is 11.8 Å². The minimum atomic E-state index is 0.00939. The second-order valence-electron chi connectivity index (χ2n) is 5.83. The number of anilines is 1. The molecule has 25 heavy (non-hydrogen) atoms. The number of nitrogens with one attached hydrogen (secondary N) is 1. The molecule has 3 aromatic rings. The molecule has 1 N–H and O–H groups in total. The van der Waals surface area contributed by atoms with Crippen LogP contribution in [0.1, 0.15) is 16.7 Å². The van der Waals surface area contributed by atoms with Crippen molar-refractivity contribution in [2.24, 2.45) is 0 Å². The van der Waals surface area contributed by atoms with E-state index in [1.807, 2.05) is 54.6 Å². The monoisotopic (exact) mass is 348 g/mol. The average molecular weight is 348 g/mol. The Morgan fingerprint density at radius 3 is 2.36 bits per heavy atom. The van der Waals surface area contributed by atoms with E-state index < -0.39 is 0 Å². The number of thioether (sulfide) groups is 1. The zero-order valence-electron chi connectivity index (χ0n) is 14.1. The van der Waals surface area contributed by atoms with Crippen molar-refractivity contribution in [3.8, 4) is 0 Å². The first-order valence-corrected chi connectivity index (χ1v) is 9.15. The maximum absolute atomic E-state index is 12.1. The van der Waals surface area contributed by atoms with Crippen LogP contribution in [0.3, 0.4) is 0 Å². The second-order valence-corrected chi connectivity index (χ2v) is 6.85. The Morgan fingerprint density at radius 2 is 1.64 bits per heavy atom. The standard InChI is InChI=1S/C21H20N2OS/c1-16-4-2-3-5-20(16)25-15-21(24)23-19-8-6-17(7-9-19)14-18-10-12-22-13-11-18/h2-13H,14-15H2,1H3,(H,23,24). The summed E-state index contributed by atoms with van der Waals surface area (Å²) in [6.07, 6.45) is 4.46. The number of hydrogen-bond acceptors (Lipinski definition) is 3. The fourth-order valence-electron chi connectivity index (χ4n) is 2.50. The Hall–Kier alpha value is -2.59. The van der Waals surface area contributed by atoms with E-state index in [-0.39, 0.29) is 5.91 Å². The van der Waals surface area contributed by atoms with E-state index in [0.29, 0.717) is 5.75 Å². The molecule has 1 heterocycles. The van der Waals surface area contributed by atoms with Gasteiger partial charge in [0.2, 0.25) is 5.91 Å². The predicted octanol–water partition coefficient (Wildman–Crippen LogP) is 4.71. The number of carbonyl (C=O) groups is 1. The number of benzene rings is 2. The number of hydrogen-bond donors (Lipinski definition) is 1. The van der Waals surface area contributed by atoms with Crippen LogP contribution in [0.5, 0.6) is 0 Å². The van der Waals surface area contributed by atoms with E-state index in [0.717, 1.165) is 17.0 Å². The lowest BCUT2D eigenvalue weighted by Crippen LogP contribution is -2.14. The van der Waals surface area contributed by atoms with Crippen molar-refractivity contribution >= 4 is 23.4 Å². The summed E-state index contributed by atoms with van der Waals surface area (Å²) in [5.74, 6) is 0.416. The first kappa shape index (κ1) is 17.2. The summed E-state index contributed by atoms with van der Waals surface area (Å²) in [5.41, 5.74) is 4.45. The molecule has 0 saturated heterocycles. The fraction of sp³-hybridized carbons (Fsp3) is 0.143. The molecule has 0 aliphatic rings. The number of rotatable bonds is 6. The lowest BCUT2D eigenvalue weighted by molar-refractivity contribution is -0.113. The molecule has 3 nitrogen and oxygen atoms in total. The first-order valence-electron chi connectivity index (χ1n) is 8.17. The fourth-order valence-corrected chi connectivity index (χ4v) is 3.33. The Kier molecular flexibility index (Phi) is 5.86. The molecule has 126 valence electrons. The topological polar surface area (TPSA) is 42.0 Å². The van der Waals surface area contributed by atoms with Gasteiger partial charge in [0.05, 0.1) is 5.75 Å². The first-order chi connectivity index (χ1) is 12.2. The molecule has 0 saturated carbocycles. The molecule has 0 aliphatic carbocycles. The Morgan fingerprint density at radius 1 is 0.960 bits per heavy atom. The van der Waals surface area contributed by atoms with Gasteiger partial charge < -0.3 is 5.32 Å². The summed E-state index contributed by atoms with van der Waals surface area (Å²) in [4.78, 5) is 17.3. The van der Waals surface area contributed by atoms with E-state index >= 15 is 0 Å². The quantitative estimate of drug-likeness (QED) is 0.656. The number of pyridine rings is 1. The van der Waals surface area contributed by atoms with Gasteiger partial charge >= 0.3 is 0 Å². The smallest absolute Gasteiger partial charge is 0.234 e. The molecule has 4 heteroatoms. The summed E-state index contributed by atoms with van der Waals surface area (Å²) >= 11 is 1.56. The van der Waals surface area contributed by atoms with Crippen molar-refractivity contribution in [3.05, 3.63) is 89.7 Å². The zero-order chi connectivity index (χ0) is 17.5. The third-order valence-electron chi connectivity index (χ3n) is 3.85. The van der Waals surface area contributed by atoms with Crippen LogP contribution in [0.2, 0.25) is 0 Å². The van der Waals surface area contributed by atoms with Crippen LogP contribution in [0.15, 0.2) is 78.0 Å². The van der Waals surface area contributed by atoms with Gasteiger partial charge in [0.15, 0.2) is 0 Å². The van der Waals surface area contributed by atoms with E-state index in [9.17, 15) is 4.79 Å². The summed E-state index contributed by atoms with van der Waals surface area (Å²) < 4.78 is 0. The minimum absolute atomic E-state index is 0.00939. The molecule has 0 aliphatic heterocycles. The molecule has 3 rings (SSSR count). The molecule has 2 aromatic carbocycles. The highest BCUT2D eigenvalue weighted by atomic mass is 32.2. The van der Waals surface area contributed by atoms with E-state index in [2.05, 4.69) is 23.3 Å². The van der Waals surface area contributed by atoms with Crippen LogP contribution in [0.4, 0.5) is 5.69 Å². The van der Waals surface area contributed by atoms with Crippen molar-refractivity contribution < 1.29 is 4.79 Å². The summed E-state index contributed by atoms with van der Waals surface area (Å²) in [6, 6.07) is 20.1. The Labute approximate surface area is 152 Å². The molecular weight excluding hydrogens is 328 g/mol. The SMILES string of the molecule is Cc1ccccc1SCC(=O)Nc1ccc(Cc2ccncc2)cc1. The molecule has 1 aromatic heterocycles. The van der Waals surface area contributed by atoms with Crippen LogP contribution in [0.25, 0.3) is 0 Å². The third-order valence-corrected chi connectivity index (χ3v) is 5.02. The van der Waals surface area contributed by atoms with Crippen molar-refractivity contribution in [1.82, 2.24) is 4.98 Å². The Balaban J connectivity index is 1.52. The second kappa shape index (κ2) is 8.49. The molecule has 0 atom stereocenters. The Bertz CT molecular complexity index is 832. The van der Waals surface area contributed by atoms with E-state index in [4.69, 9.17) is 0 Å². The zero-order valence-corrected chi connectivity index (χ0v) is 14.9. The summed E-state index contributed by atoms with van der Waals surface area (Å²) in [5, 5.41) is 2.95. The average Bonchev–Trinajstić information content (AvgIpc) is 2.64. The number of amides is 1. The van der Waals surface area contributed by atoms with Gasteiger partial charge in [-0.25, -0.2) is 0 Å². The number of aromatic nitrogens is 1. The van der Waals surface area contributed by atoms with Crippen LogP contribution in [-0.4, -0.2) is 16.6 Å². The van der Waals surface area contributed by atoms with Crippen molar-refractivity contribution in [3.63, 3.8) is 0 Å². The van der Waals surface area contributed by atoms with Gasteiger partial charge in [-0.05, 0) is 60.4 Å². The highest BCUT2D eigenvalue weighted by Gasteiger charge is 2.05. The van der Waals surface area contributed by atoms with Gasteiger partial charge in [-0.1, -0.05) is 30.3 Å². The normalized spacial score (nSPS) is 10.4. The van der Waals surface area contributed by atoms with Crippen LogP contribution in [-0.2, 0) is 11.2 Å². The summed E-state index contributed by atoms with van der Waals surface area (Å²) in [7, 11) is 0. The van der Waals surface area contributed by atoms with Crippen LogP contribution >= 0.6 is 11.8 Å². The van der Waals surface area contributed by atoms with Crippen molar-refractivity contribution in [2.75, 3.05) is 11.1 Å². The highest BCUT2D eigenvalue weighted by Crippen LogP contribution is 2.22. The van der Waals surface area contributed by atoms with E-state index in [1.54, 1.807) is 24.2 Å². The minimum Gasteiger partial charge on any atom is -0.325 e. The van der Waals surface area contributed by atoms with Crippen molar-refractivity contribution in [2.45, 2.75) is 18.2 Å². The predicted molar refractivity (Wildman–Crippen MR) is 104 cm³/mol. The van der Waals surface area contributed by atoms with Crippen LogP contribution in [0, 0.1) is 6.92 Å². The van der Waals surface area contributed by atoms with Gasteiger partial charge in [0.25, 0.3) is 0 Å². The van der Waals surface area contributed by atoms with Gasteiger partial charge in [-0.2, -0.15) is 0 Å². The van der Waals surface area contributed by atoms with E-state index in [1.165, 1.54) is 16.7 Å². The maximum atomic E-state index is 12.1. The number of carbonyl (C=O) groups excluding carboxylic acids is 1. The lowest BCUT2D eigenvalue weighted by Gasteiger charge is -2.08. The number of nitrogens with zero attached hydrogens (tertiary/aromatic N) is 1. The highest BCUT2D eigenvalue weighted by molar-refractivity contribution is 8.00. The van der Waals surface area contributed by atoms with Crippen molar-refractivity contribution in [1.29, 1.82) is 0 Å². The molecule has 0 bridgehead atoms. The molecule has 0 unspecified atom stereocenters.